The van der Waals surface area contributed by atoms with Crippen LogP contribution in [0, 0.1) is 6.92 Å². The summed E-state index contributed by atoms with van der Waals surface area (Å²) < 4.78 is 16.4. The van der Waals surface area contributed by atoms with Crippen molar-refractivity contribution < 1.29 is 18.7 Å². The molecule has 4 N–H and O–H groups in total. The smallest absolute Gasteiger partial charge is 0.227 e. The van der Waals surface area contributed by atoms with Crippen molar-refractivity contribution in [2.45, 2.75) is 39.4 Å². The number of hydrogen-bond donors (Lipinski definition) is 4. The molecule has 11 nitrogen and oxygen atoms in total. The number of halogens is 2. The van der Waals surface area contributed by atoms with Gasteiger partial charge in [-0.25, -0.2) is 14.4 Å². The maximum absolute atomic E-state index is 11.3. The molecule has 0 aliphatic rings. The third kappa shape index (κ3) is 12.6. The number of aromatic nitrogens is 3. The topological polar surface area (TPSA) is 128 Å². The summed E-state index contributed by atoms with van der Waals surface area (Å²) in [4.78, 5) is 36.1. The summed E-state index contributed by atoms with van der Waals surface area (Å²) in [6, 6.07) is 12.5. The lowest BCUT2D eigenvalue weighted by Crippen LogP contribution is -2.29. The summed E-state index contributed by atoms with van der Waals surface area (Å²) in [7, 11) is 9.60. The minimum atomic E-state index is -1.19. The second-order valence-electron chi connectivity index (χ2n) is 10.6. The monoisotopic (exact) mass is 658 g/mol. The van der Waals surface area contributed by atoms with E-state index in [0.29, 0.717) is 35.5 Å². The number of likely N-dealkylation sites (N-methyl/N-ethyl adjacent to an activating group) is 2. The van der Waals surface area contributed by atoms with Crippen LogP contribution in [0.2, 0.25) is 0 Å². The number of rotatable bonds is 11. The Bertz CT molecular complexity index is 1480. The summed E-state index contributed by atoms with van der Waals surface area (Å²) >= 11 is 4.61. The predicted octanol–water partition coefficient (Wildman–Crippen LogP) is 6.22. The maximum Gasteiger partial charge on any atom is 0.227 e. The molecule has 0 saturated carbocycles. The van der Waals surface area contributed by atoms with Gasteiger partial charge in [-0.2, -0.15) is 0 Å². The van der Waals surface area contributed by atoms with Gasteiger partial charge in [0, 0.05) is 61.1 Å². The van der Waals surface area contributed by atoms with E-state index in [-0.39, 0.29) is 0 Å². The van der Waals surface area contributed by atoms with Crippen LogP contribution in [0.1, 0.15) is 26.3 Å². The Morgan fingerprint density at radius 3 is 2.30 bits per heavy atom. The van der Waals surface area contributed by atoms with Gasteiger partial charge < -0.3 is 40.3 Å². The average Bonchev–Trinajstić information content (AvgIpc) is 3.46. The lowest BCUT2D eigenvalue weighted by atomic mass is 10.1. The summed E-state index contributed by atoms with van der Waals surface area (Å²) in [6.45, 7) is 11.1. The number of para-hydroxylation sites is 1. The van der Waals surface area contributed by atoms with E-state index in [0.717, 1.165) is 46.5 Å². The number of carbonyl (C=O) groups is 2. The average molecular weight is 659 g/mol. The fourth-order valence-corrected chi connectivity index (χ4v) is 3.96. The van der Waals surface area contributed by atoms with Crippen molar-refractivity contribution in [1.29, 1.82) is 0 Å². The van der Waals surface area contributed by atoms with Crippen LogP contribution in [0.5, 0.6) is 5.75 Å². The molecule has 0 saturated heterocycles. The number of aromatic amines is 1. The van der Waals surface area contributed by atoms with Gasteiger partial charge in [0.05, 0.1) is 29.9 Å². The molecule has 2 aromatic heterocycles. The molecule has 4 aromatic rings. The Morgan fingerprint density at radius 1 is 1.11 bits per heavy atom. The van der Waals surface area contributed by atoms with Crippen LogP contribution in [0.4, 0.5) is 27.4 Å². The molecule has 13 heteroatoms. The van der Waals surface area contributed by atoms with Crippen molar-refractivity contribution >= 4 is 58.7 Å². The number of amides is 1. The lowest BCUT2D eigenvalue weighted by Gasteiger charge is -2.25. The van der Waals surface area contributed by atoms with Crippen LogP contribution < -0.4 is 25.6 Å². The quantitative estimate of drug-likeness (QED) is 0.110. The van der Waals surface area contributed by atoms with Gasteiger partial charge in [0.15, 0.2) is 5.63 Å². The molecular weight excluding hydrogens is 611 g/mol. The number of ether oxygens (including phenoxy) is 1. The summed E-state index contributed by atoms with van der Waals surface area (Å²) in [5.41, 5.74) is 4.83. The van der Waals surface area contributed by atoms with E-state index < -0.39 is 5.63 Å². The molecule has 46 heavy (non-hydrogen) atoms. The van der Waals surface area contributed by atoms with E-state index in [4.69, 9.17) is 14.5 Å². The zero-order valence-electron chi connectivity index (χ0n) is 28.2. The van der Waals surface area contributed by atoms with Crippen molar-refractivity contribution in [1.82, 2.24) is 25.2 Å². The lowest BCUT2D eigenvalue weighted by molar-refractivity contribution is -0.105. The van der Waals surface area contributed by atoms with Crippen LogP contribution in [0.25, 0.3) is 22.2 Å². The first kappa shape index (κ1) is 39.8. The highest BCUT2D eigenvalue weighted by Gasteiger charge is 2.17. The first-order valence-electron chi connectivity index (χ1n) is 14.6. The van der Waals surface area contributed by atoms with E-state index in [9.17, 15) is 9.18 Å². The molecule has 4 rings (SSSR count). The normalized spacial score (nSPS) is 10.9. The number of alkyl halides is 2. The molecule has 2 heterocycles. The summed E-state index contributed by atoms with van der Waals surface area (Å²) in [6.07, 6.45) is 4.44. The molecule has 1 unspecified atom stereocenters. The second-order valence-corrected chi connectivity index (χ2v) is 11.2. The molecule has 2 aromatic carbocycles. The number of hydrogen-bond acceptors (Lipinski definition) is 9. The van der Waals surface area contributed by atoms with Crippen molar-refractivity contribution in [2.75, 3.05) is 63.9 Å². The number of nitrogens with zero attached hydrogens (tertiary/aromatic N) is 4. The molecule has 0 aliphatic heterocycles. The number of aryl methyl sites for hydroxylation is 1. The van der Waals surface area contributed by atoms with Crippen molar-refractivity contribution in [3.05, 3.63) is 54.4 Å². The second kappa shape index (κ2) is 20.7. The highest BCUT2D eigenvalue weighted by atomic mass is 35.5. The molecule has 252 valence electrons. The number of fused-ring (bicyclic) bond motifs is 1. The van der Waals surface area contributed by atoms with Gasteiger partial charge in [0.25, 0.3) is 0 Å². The Kier molecular flexibility index (Phi) is 17.9. The minimum absolute atomic E-state index is 0.431. The number of benzene rings is 2. The van der Waals surface area contributed by atoms with Gasteiger partial charge in [-0.1, -0.05) is 43.6 Å². The van der Waals surface area contributed by atoms with Crippen LogP contribution >= 0.6 is 11.6 Å². The van der Waals surface area contributed by atoms with Crippen LogP contribution in [-0.2, 0) is 9.59 Å². The highest BCUT2D eigenvalue weighted by Crippen LogP contribution is 2.38. The van der Waals surface area contributed by atoms with Gasteiger partial charge in [0.1, 0.15) is 12.5 Å². The highest BCUT2D eigenvalue weighted by molar-refractivity contribution is 6.19. The van der Waals surface area contributed by atoms with E-state index in [1.807, 2.05) is 78.4 Å². The molecule has 1 atom stereocenters. The first-order valence-corrected chi connectivity index (χ1v) is 15.0. The molecule has 0 radical (unpaired) electrons. The largest absolute Gasteiger partial charge is 0.494 e. The van der Waals surface area contributed by atoms with Crippen LogP contribution in [0.3, 0.4) is 0 Å². The molecule has 0 spiro atoms. The van der Waals surface area contributed by atoms with Gasteiger partial charge in [-0.05, 0) is 52.7 Å². The van der Waals surface area contributed by atoms with E-state index in [2.05, 4.69) is 67.2 Å². The predicted molar refractivity (Wildman–Crippen MR) is 190 cm³/mol. The van der Waals surface area contributed by atoms with Crippen molar-refractivity contribution in [3.8, 4) is 17.0 Å². The third-order valence-electron chi connectivity index (χ3n) is 6.47. The van der Waals surface area contributed by atoms with E-state index >= 15 is 0 Å². The fraction of sp³-hybridized carbons (Fsp3) is 0.394. The van der Waals surface area contributed by atoms with Crippen molar-refractivity contribution in [3.63, 3.8) is 0 Å². The summed E-state index contributed by atoms with van der Waals surface area (Å²) in [5.74, 6) is 1.05. The fourth-order valence-electron chi connectivity index (χ4n) is 3.96. The van der Waals surface area contributed by atoms with Gasteiger partial charge >= 0.3 is 0 Å². The summed E-state index contributed by atoms with van der Waals surface area (Å²) in [5, 5.41) is 10.2. The molecule has 0 aliphatic carbocycles. The zero-order chi connectivity index (χ0) is 34.8. The SMILES string of the molecule is C=O.CC(F)Cl.CNC(C)C.COc1cc(N(C)CCN(C)C)c(NC=O)cc1Nc1ncc(C)c(-c2c[nH]c3ccccc23)n1. The van der Waals surface area contributed by atoms with E-state index in [1.165, 1.54) is 6.92 Å². The Balaban J connectivity index is 0.000000839. The maximum atomic E-state index is 11.3. The molecule has 1 amide bonds. The molecule has 0 fully saturated rings. The first-order chi connectivity index (χ1) is 21.9. The molecular formula is C33H48ClFN8O3. The van der Waals surface area contributed by atoms with E-state index in [1.54, 1.807) is 13.3 Å². The number of anilines is 4. The van der Waals surface area contributed by atoms with Gasteiger partial charge in [-0.3, -0.25) is 4.79 Å². The number of H-pyrrole nitrogens is 1. The minimum Gasteiger partial charge on any atom is -0.494 e. The zero-order valence-corrected chi connectivity index (χ0v) is 29.0. The Morgan fingerprint density at radius 2 is 1.74 bits per heavy atom. The number of nitrogens with one attached hydrogen (secondary N) is 4. The molecule has 0 bridgehead atoms. The van der Waals surface area contributed by atoms with Crippen molar-refractivity contribution in [2.24, 2.45) is 0 Å². The third-order valence-corrected chi connectivity index (χ3v) is 6.47. The van der Waals surface area contributed by atoms with Crippen LogP contribution in [0.15, 0.2) is 48.8 Å². The van der Waals surface area contributed by atoms with Gasteiger partial charge in [0.2, 0.25) is 12.4 Å². The van der Waals surface area contributed by atoms with Gasteiger partial charge in [-0.15, -0.1) is 0 Å². The Hall–Kier alpha value is -4.26. The van der Waals surface area contributed by atoms with Crippen LogP contribution in [-0.4, -0.2) is 93.1 Å². The number of methoxy groups -OCH3 is 1. The number of carbonyl (C=O) groups excluding carboxylic acids is 2. The Labute approximate surface area is 276 Å². The standard InChI is InChI=1S/C26H31N7O2.C4H11N.C2H4ClF.CH2O/c1-17-14-28-26(31-25(17)19-15-27-20-9-7-6-8-18(19)20)30-22-12-21(29-16-34)23(13-24(22)35-5)33(4)11-10-32(2)3;1-4(2)5-3;1-2(3)4;1-2/h6-9,12-16,27H,10-11H2,1-5H3,(H,29,34)(H,28,30,31);4-5H,1-3H3;2H,1H3;1H2.